The van der Waals surface area contributed by atoms with E-state index in [9.17, 15) is 9.59 Å². The lowest BCUT2D eigenvalue weighted by molar-refractivity contribution is -0.137. The monoisotopic (exact) mass is 289 g/mol. The van der Waals surface area contributed by atoms with Crippen LogP contribution in [0.4, 0.5) is 0 Å². The van der Waals surface area contributed by atoms with Crippen molar-refractivity contribution in [2.45, 2.75) is 58.0 Å². The molecule has 1 aliphatic carbocycles. The highest BCUT2D eigenvalue weighted by molar-refractivity contribution is 6.02. The van der Waals surface area contributed by atoms with E-state index in [1.165, 1.54) is 11.1 Å². The third-order valence-electron chi connectivity index (χ3n) is 3.69. The van der Waals surface area contributed by atoms with Gasteiger partial charge in [-0.05, 0) is 57.2 Å². The SMILES string of the molecule is CC(C)(C)NC(CC(=O)O)C(=O)c1ccc2c(c1)CCC2. The fraction of sp³-hybridized carbons (Fsp3) is 0.529. The number of fused-ring (bicyclic) bond motifs is 1. The normalized spacial score (nSPS) is 15.6. The Morgan fingerprint density at radius 3 is 2.52 bits per heavy atom. The summed E-state index contributed by atoms with van der Waals surface area (Å²) in [4.78, 5) is 23.7. The average molecular weight is 289 g/mol. The lowest BCUT2D eigenvalue weighted by Gasteiger charge is -2.27. The Balaban J connectivity index is 2.22. The van der Waals surface area contributed by atoms with Crippen molar-refractivity contribution < 1.29 is 14.7 Å². The second-order valence-electron chi connectivity index (χ2n) is 6.75. The predicted octanol–water partition coefficient (Wildman–Crippen LogP) is 2.59. The third-order valence-corrected chi connectivity index (χ3v) is 3.69. The zero-order valence-electron chi connectivity index (χ0n) is 12.9. The van der Waals surface area contributed by atoms with E-state index in [4.69, 9.17) is 5.11 Å². The zero-order chi connectivity index (χ0) is 15.6. The quantitative estimate of drug-likeness (QED) is 0.818. The lowest BCUT2D eigenvalue weighted by Crippen LogP contribution is -2.48. The van der Waals surface area contributed by atoms with Crippen LogP contribution < -0.4 is 5.32 Å². The third kappa shape index (κ3) is 4.14. The molecule has 1 atom stereocenters. The molecule has 0 aromatic heterocycles. The Morgan fingerprint density at radius 1 is 1.24 bits per heavy atom. The number of aryl methyl sites for hydroxylation is 2. The van der Waals surface area contributed by atoms with Gasteiger partial charge < -0.3 is 10.4 Å². The second kappa shape index (κ2) is 5.98. The molecule has 1 aromatic carbocycles. The standard InChI is InChI=1S/C17H23NO3/c1-17(2,3)18-14(10-15(19)20)16(21)13-8-7-11-5-4-6-12(11)9-13/h7-9,14,18H,4-6,10H2,1-3H3,(H,19,20). The van der Waals surface area contributed by atoms with Crippen LogP contribution in [-0.4, -0.2) is 28.4 Å². The van der Waals surface area contributed by atoms with Crippen molar-refractivity contribution in [2.24, 2.45) is 0 Å². The highest BCUT2D eigenvalue weighted by Gasteiger charge is 2.27. The number of carboxylic acids is 1. The van der Waals surface area contributed by atoms with E-state index in [0.29, 0.717) is 5.56 Å². The summed E-state index contributed by atoms with van der Waals surface area (Å²) in [7, 11) is 0. The number of carbonyl (C=O) groups excluding carboxylic acids is 1. The predicted molar refractivity (Wildman–Crippen MR) is 81.7 cm³/mol. The number of nitrogens with one attached hydrogen (secondary N) is 1. The molecule has 2 N–H and O–H groups in total. The van der Waals surface area contributed by atoms with Gasteiger partial charge in [-0.1, -0.05) is 12.1 Å². The summed E-state index contributed by atoms with van der Waals surface area (Å²) in [5.41, 5.74) is 2.83. The van der Waals surface area contributed by atoms with Gasteiger partial charge in [-0.15, -0.1) is 0 Å². The molecule has 0 spiro atoms. The average Bonchev–Trinajstić information content (AvgIpc) is 2.81. The van der Waals surface area contributed by atoms with E-state index in [0.717, 1.165) is 19.3 Å². The highest BCUT2D eigenvalue weighted by atomic mass is 16.4. The van der Waals surface area contributed by atoms with E-state index >= 15 is 0 Å². The first-order valence-electron chi connectivity index (χ1n) is 7.42. The second-order valence-corrected chi connectivity index (χ2v) is 6.75. The van der Waals surface area contributed by atoms with Crippen molar-refractivity contribution in [1.29, 1.82) is 0 Å². The van der Waals surface area contributed by atoms with Crippen molar-refractivity contribution in [2.75, 3.05) is 0 Å². The minimum atomic E-state index is -0.966. The van der Waals surface area contributed by atoms with Gasteiger partial charge >= 0.3 is 5.97 Å². The van der Waals surface area contributed by atoms with E-state index in [1.54, 1.807) is 0 Å². The van der Waals surface area contributed by atoms with Crippen LogP contribution in [-0.2, 0) is 17.6 Å². The van der Waals surface area contributed by atoms with Gasteiger partial charge in [-0.2, -0.15) is 0 Å². The Kier molecular flexibility index (Phi) is 4.47. The van der Waals surface area contributed by atoms with Crippen molar-refractivity contribution >= 4 is 11.8 Å². The van der Waals surface area contributed by atoms with Crippen LogP contribution in [0.15, 0.2) is 18.2 Å². The molecule has 0 amide bonds. The van der Waals surface area contributed by atoms with Crippen molar-refractivity contribution in [1.82, 2.24) is 5.32 Å². The first-order chi connectivity index (χ1) is 9.76. The fourth-order valence-electron chi connectivity index (χ4n) is 2.83. The van der Waals surface area contributed by atoms with Gasteiger partial charge in [-0.3, -0.25) is 9.59 Å². The summed E-state index contributed by atoms with van der Waals surface area (Å²) in [6, 6.07) is 5.07. The molecule has 0 bridgehead atoms. The summed E-state index contributed by atoms with van der Waals surface area (Å²) in [5, 5.41) is 12.2. The molecule has 0 heterocycles. The van der Waals surface area contributed by atoms with Crippen LogP contribution in [0, 0.1) is 0 Å². The number of hydrogen-bond donors (Lipinski definition) is 2. The Labute approximate surface area is 125 Å². The van der Waals surface area contributed by atoms with Gasteiger partial charge in [0.15, 0.2) is 5.78 Å². The van der Waals surface area contributed by atoms with Crippen LogP contribution in [0.5, 0.6) is 0 Å². The van der Waals surface area contributed by atoms with Gasteiger partial charge in [-0.25, -0.2) is 0 Å². The number of hydrogen-bond acceptors (Lipinski definition) is 3. The van der Waals surface area contributed by atoms with Crippen LogP contribution >= 0.6 is 0 Å². The molecule has 1 unspecified atom stereocenters. The van der Waals surface area contributed by atoms with Gasteiger partial charge in [0.1, 0.15) is 0 Å². The number of rotatable bonds is 5. The summed E-state index contributed by atoms with van der Waals surface area (Å²) in [6.07, 6.45) is 3.01. The first-order valence-corrected chi connectivity index (χ1v) is 7.42. The minimum Gasteiger partial charge on any atom is -0.481 e. The summed E-state index contributed by atoms with van der Waals surface area (Å²) >= 11 is 0. The van der Waals surface area contributed by atoms with Gasteiger partial charge in [0.2, 0.25) is 0 Å². The molecule has 0 aliphatic heterocycles. The molecular weight excluding hydrogens is 266 g/mol. The Bertz CT molecular complexity index is 558. The van der Waals surface area contributed by atoms with E-state index in [-0.39, 0.29) is 17.7 Å². The molecule has 4 heteroatoms. The zero-order valence-corrected chi connectivity index (χ0v) is 12.9. The van der Waals surface area contributed by atoms with Gasteiger partial charge in [0.05, 0.1) is 12.5 Å². The number of benzene rings is 1. The molecule has 4 nitrogen and oxygen atoms in total. The van der Waals surface area contributed by atoms with Crippen molar-refractivity contribution in [3.05, 3.63) is 34.9 Å². The molecule has 0 radical (unpaired) electrons. The largest absolute Gasteiger partial charge is 0.481 e. The van der Waals surface area contributed by atoms with E-state index < -0.39 is 12.0 Å². The van der Waals surface area contributed by atoms with Gasteiger partial charge in [0.25, 0.3) is 0 Å². The summed E-state index contributed by atoms with van der Waals surface area (Å²) in [6.45, 7) is 5.79. The molecule has 2 rings (SSSR count). The Morgan fingerprint density at radius 2 is 1.90 bits per heavy atom. The molecule has 0 saturated carbocycles. The molecule has 0 saturated heterocycles. The van der Waals surface area contributed by atoms with Crippen molar-refractivity contribution in [3.8, 4) is 0 Å². The smallest absolute Gasteiger partial charge is 0.305 e. The van der Waals surface area contributed by atoms with Crippen molar-refractivity contribution in [3.63, 3.8) is 0 Å². The highest BCUT2D eigenvalue weighted by Crippen LogP contribution is 2.23. The number of ketones is 1. The fourth-order valence-corrected chi connectivity index (χ4v) is 2.83. The maximum absolute atomic E-state index is 12.6. The van der Waals surface area contributed by atoms with Crippen LogP contribution in [0.2, 0.25) is 0 Å². The van der Waals surface area contributed by atoms with Gasteiger partial charge in [0, 0.05) is 11.1 Å². The molecule has 1 aliphatic rings. The molecule has 1 aromatic rings. The number of aliphatic carboxylic acids is 1. The Hall–Kier alpha value is -1.68. The number of carboxylic acid groups (broad SMARTS) is 1. The van der Waals surface area contributed by atoms with Crippen LogP contribution in [0.3, 0.4) is 0 Å². The number of Topliss-reactive ketones (excluding diaryl/α,β-unsaturated/α-hetero) is 1. The molecule has 0 fully saturated rings. The maximum Gasteiger partial charge on any atom is 0.305 e. The van der Waals surface area contributed by atoms with E-state index in [2.05, 4.69) is 5.32 Å². The van der Waals surface area contributed by atoms with Crippen LogP contribution in [0.25, 0.3) is 0 Å². The molecule has 21 heavy (non-hydrogen) atoms. The number of carbonyl (C=O) groups is 2. The topological polar surface area (TPSA) is 66.4 Å². The first kappa shape index (κ1) is 15.7. The summed E-state index contributed by atoms with van der Waals surface area (Å²) in [5.74, 6) is -1.10. The maximum atomic E-state index is 12.6. The lowest BCUT2D eigenvalue weighted by atomic mass is 9.96. The summed E-state index contributed by atoms with van der Waals surface area (Å²) < 4.78 is 0. The molecule has 114 valence electrons. The minimum absolute atomic E-state index is 0.137. The van der Waals surface area contributed by atoms with Crippen LogP contribution in [0.1, 0.15) is 55.1 Å². The van der Waals surface area contributed by atoms with E-state index in [1.807, 2.05) is 39.0 Å². The molecular formula is C17H23NO3.